The van der Waals surface area contributed by atoms with E-state index in [0.717, 1.165) is 34.7 Å². The van der Waals surface area contributed by atoms with Gasteiger partial charge in [-0.1, -0.05) is 68.5 Å². The van der Waals surface area contributed by atoms with Crippen LogP contribution in [0, 0.1) is 5.92 Å². The molecule has 1 unspecified atom stereocenters. The third-order valence-corrected chi connectivity index (χ3v) is 5.97. The Bertz CT molecular complexity index is 923. The number of para-hydroxylation sites is 2. The predicted molar refractivity (Wildman–Crippen MR) is 118 cm³/mol. The molecule has 1 aliphatic rings. The van der Waals surface area contributed by atoms with Gasteiger partial charge in [0.05, 0.1) is 0 Å². The Hall–Kier alpha value is -2.59. The molecule has 4 nitrogen and oxygen atoms in total. The van der Waals surface area contributed by atoms with Gasteiger partial charge in [0.15, 0.2) is 5.76 Å². The summed E-state index contributed by atoms with van der Waals surface area (Å²) in [5, 5.41) is 7.60. The zero-order valence-corrected chi connectivity index (χ0v) is 17.1. The van der Waals surface area contributed by atoms with Gasteiger partial charge >= 0.3 is 0 Å². The minimum atomic E-state index is -0.219. The van der Waals surface area contributed by atoms with Gasteiger partial charge in [-0.05, 0) is 43.0 Å². The zero-order chi connectivity index (χ0) is 20.1. The van der Waals surface area contributed by atoms with Crippen LogP contribution in [-0.4, -0.2) is 11.9 Å². The van der Waals surface area contributed by atoms with Crippen LogP contribution >= 0.6 is 0 Å². The topological polar surface area (TPSA) is 54.3 Å². The molecule has 1 aromatic heterocycles. The van der Waals surface area contributed by atoms with E-state index in [1.54, 1.807) is 6.07 Å². The molecule has 4 heteroatoms. The fourth-order valence-electron chi connectivity index (χ4n) is 4.36. The lowest BCUT2D eigenvalue weighted by molar-refractivity contribution is 0.0998. The third kappa shape index (κ3) is 5.07. The normalized spacial score (nSPS) is 16.0. The highest BCUT2D eigenvalue weighted by molar-refractivity contribution is 6.04. The molecule has 1 amide bonds. The lowest BCUT2D eigenvalue weighted by Gasteiger charge is -2.25. The van der Waals surface area contributed by atoms with Crippen LogP contribution in [-0.2, 0) is 6.54 Å². The van der Waals surface area contributed by atoms with Gasteiger partial charge in [-0.2, -0.15) is 0 Å². The number of fused-ring (bicyclic) bond motifs is 1. The van der Waals surface area contributed by atoms with Gasteiger partial charge in [0, 0.05) is 23.7 Å². The molecule has 152 valence electrons. The number of nitrogens with one attached hydrogen (secondary N) is 2. The SMILES string of the molecule is CC(CC1CCCCC1)NCc1ccccc1NC(=O)c1cc2ccccc2o1. The maximum Gasteiger partial charge on any atom is 0.291 e. The fraction of sp³-hybridized carbons (Fsp3) is 0.400. The molecule has 4 rings (SSSR count). The minimum Gasteiger partial charge on any atom is -0.451 e. The van der Waals surface area contributed by atoms with Crippen molar-refractivity contribution in [3.8, 4) is 0 Å². The molecular formula is C25H30N2O2. The highest BCUT2D eigenvalue weighted by atomic mass is 16.3. The summed E-state index contributed by atoms with van der Waals surface area (Å²) in [4.78, 5) is 12.7. The second-order valence-electron chi connectivity index (χ2n) is 8.28. The summed E-state index contributed by atoms with van der Waals surface area (Å²) in [5.41, 5.74) is 2.65. The van der Waals surface area contributed by atoms with Crippen molar-refractivity contribution in [2.45, 2.75) is 58.0 Å². The maximum absolute atomic E-state index is 12.7. The number of benzene rings is 2. The minimum absolute atomic E-state index is 0.219. The van der Waals surface area contributed by atoms with Crippen LogP contribution in [0.1, 0.15) is 61.6 Å². The number of amides is 1. The van der Waals surface area contributed by atoms with Crippen LogP contribution in [0.2, 0.25) is 0 Å². The molecule has 0 saturated heterocycles. The molecule has 0 bridgehead atoms. The molecule has 1 atom stereocenters. The second kappa shape index (κ2) is 9.27. The number of anilines is 1. The molecule has 1 heterocycles. The van der Waals surface area contributed by atoms with E-state index < -0.39 is 0 Å². The Labute approximate surface area is 172 Å². The Morgan fingerprint density at radius 2 is 1.83 bits per heavy atom. The number of rotatable bonds is 7. The monoisotopic (exact) mass is 390 g/mol. The van der Waals surface area contributed by atoms with Crippen LogP contribution in [0.4, 0.5) is 5.69 Å². The van der Waals surface area contributed by atoms with Crippen LogP contribution in [0.25, 0.3) is 11.0 Å². The summed E-state index contributed by atoms with van der Waals surface area (Å²) in [6.45, 7) is 3.01. The molecule has 2 N–H and O–H groups in total. The van der Waals surface area contributed by atoms with Gasteiger partial charge in [-0.15, -0.1) is 0 Å². The zero-order valence-electron chi connectivity index (χ0n) is 17.1. The predicted octanol–water partition coefficient (Wildman–Crippen LogP) is 6.13. The van der Waals surface area contributed by atoms with Crippen molar-refractivity contribution < 1.29 is 9.21 Å². The number of hydrogen-bond acceptors (Lipinski definition) is 3. The van der Waals surface area contributed by atoms with Gasteiger partial charge in [0.25, 0.3) is 5.91 Å². The van der Waals surface area contributed by atoms with Gasteiger partial charge in [-0.25, -0.2) is 0 Å². The van der Waals surface area contributed by atoms with Crippen LogP contribution in [0.3, 0.4) is 0 Å². The van der Waals surface area contributed by atoms with E-state index >= 15 is 0 Å². The largest absolute Gasteiger partial charge is 0.451 e. The molecule has 0 spiro atoms. The summed E-state index contributed by atoms with van der Waals surface area (Å²) in [5.74, 6) is 0.970. The second-order valence-corrected chi connectivity index (χ2v) is 8.28. The van der Waals surface area contributed by atoms with E-state index in [-0.39, 0.29) is 5.91 Å². The van der Waals surface area contributed by atoms with Crippen molar-refractivity contribution >= 4 is 22.6 Å². The summed E-state index contributed by atoms with van der Waals surface area (Å²) in [6.07, 6.45) is 8.14. The van der Waals surface area contributed by atoms with E-state index in [2.05, 4.69) is 23.6 Å². The lowest BCUT2D eigenvalue weighted by atomic mass is 9.85. The van der Waals surface area contributed by atoms with E-state index in [4.69, 9.17) is 4.42 Å². The average Bonchev–Trinajstić information content (AvgIpc) is 3.18. The van der Waals surface area contributed by atoms with E-state index in [1.807, 2.05) is 42.5 Å². The quantitative estimate of drug-likeness (QED) is 0.510. The number of furan rings is 1. The van der Waals surface area contributed by atoms with Crippen molar-refractivity contribution in [2.24, 2.45) is 5.92 Å². The van der Waals surface area contributed by atoms with Crippen molar-refractivity contribution in [1.82, 2.24) is 5.32 Å². The molecular weight excluding hydrogens is 360 g/mol. The van der Waals surface area contributed by atoms with Gasteiger partial charge in [-0.3, -0.25) is 4.79 Å². The van der Waals surface area contributed by atoms with Gasteiger partial charge in [0.2, 0.25) is 0 Å². The maximum atomic E-state index is 12.7. The molecule has 0 radical (unpaired) electrons. The summed E-state index contributed by atoms with van der Waals surface area (Å²) in [6, 6.07) is 17.9. The van der Waals surface area contributed by atoms with Crippen LogP contribution in [0.5, 0.6) is 0 Å². The first-order valence-electron chi connectivity index (χ1n) is 10.8. The number of hydrogen-bond donors (Lipinski definition) is 2. The summed E-state index contributed by atoms with van der Waals surface area (Å²) < 4.78 is 5.70. The molecule has 1 aliphatic carbocycles. The Morgan fingerprint density at radius 1 is 1.07 bits per heavy atom. The third-order valence-electron chi connectivity index (χ3n) is 5.97. The Balaban J connectivity index is 1.37. The first kappa shape index (κ1) is 19.7. The van der Waals surface area contributed by atoms with Gasteiger partial charge < -0.3 is 15.1 Å². The lowest BCUT2D eigenvalue weighted by Crippen LogP contribution is -2.29. The van der Waals surface area contributed by atoms with Crippen molar-refractivity contribution in [3.05, 3.63) is 65.9 Å². The van der Waals surface area contributed by atoms with E-state index in [0.29, 0.717) is 11.8 Å². The van der Waals surface area contributed by atoms with Crippen molar-refractivity contribution in [2.75, 3.05) is 5.32 Å². The summed E-state index contributed by atoms with van der Waals surface area (Å²) in [7, 11) is 0. The average molecular weight is 391 g/mol. The highest BCUT2D eigenvalue weighted by Crippen LogP contribution is 2.27. The molecule has 1 saturated carbocycles. The Kier molecular flexibility index (Phi) is 6.30. The molecule has 3 aromatic rings. The van der Waals surface area contributed by atoms with Crippen molar-refractivity contribution in [3.63, 3.8) is 0 Å². The van der Waals surface area contributed by atoms with Crippen LogP contribution in [0.15, 0.2) is 59.0 Å². The Morgan fingerprint density at radius 3 is 2.66 bits per heavy atom. The smallest absolute Gasteiger partial charge is 0.291 e. The first-order valence-corrected chi connectivity index (χ1v) is 10.8. The number of carbonyl (C=O) groups is 1. The molecule has 1 fully saturated rings. The molecule has 2 aromatic carbocycles. The first-order chi connectivity index (χ1) is 14.2. The van der Waals surface area contributed by atoms with E-state index in [9.17, 15) is 4.79 Å². The molecule has 29 heavy (non-hydrogen) atoms. The summed E-state index contributed by atoms with van der Waals surface area (Å²) >= 11 is 0. The standard InChI is InChI=1S/C25H30N2O2/c1-18(15-19-9-3-2-4-10-19)26-17-21-12-5-7-13-22(21)27-25(28)24-16-20-11-6-8-14-23(20)29-24/h5-8,11-14,16,18-19,26H,2-4,9-10,15,17H2,1H3,(H,27,28). The van der Waals surface area contributed by atoms with Crippen molar-refractivity contribution in [1.29, 1.82) is 0 Å². The van der Waals surface area contributed by atoms with Crippen LogP contribution < -0.4 is 10.6 Å². The number of carbonyl (C=O) groups excluding carboxylic acids is 1. The van der Waals surface area contributed by atoms with Gasteiger partial charge in [0.1, 0.15) is 5.58 Å². The fourth-order valence-corrected chi connectivity index (χ4v) is 4.36. The molecule has 0 aliphatic heterocycles. The van der Waals surface area contributed by atoms with E-state index in [1.165, 1.54) is 38.5 Å². The highest BCUT2D eigenvalue weighted by Gasteiger charge is 2.17.